The molecule has 5 nitrogen and oxygen atoms in total. The molecule has 0 radical (unpaired) electrons. The second kappa shape index (κ2) is 12.0. The van der Waals surface area contributed by atoms with E-state index in [2.05, 4.69) is 38.7 Å². The van der Waals surface area contributed by atoms with E-state index in [-0.39, 0.29) is 35.5 Å². The average Bonchev–Trinajstić information content (AvgIpc) is 3.02. The summed E-state index contributed by atoms with van der Waals surface area (Å²) in [6.45, 7) is 0.495. The summed E-state index contributed by atoms with van der Waals surface area (Å²) in [6, 6.07) is 7.10. The fourth-order valence-electron chi connectivity index (χ4n) is 2.36. The Morgan fingerprint density at radius 2 is 2.00 bits per heavy atom. The van der Waals surface area contributed by atoms with Gasteiger partial charge in [0.1, 0.15) is 0 Å². The van der Waals surface area contributed by atoms with Crippen LogP contribution in [0.2, 0.25) is 0 Å². The molecule has 2 N–H and O–H groups in total. The molecular weight excluding hydrogens is 487 g/mol. The highest BCUT2D eigenvalue weighted by Crippen LogP contribution is 2.29. The van der Waals surface area contributed by atoms with Crippen LogP contribution in [-0.4, -0.2) is 33.3 Å². The number of nitrogens with one attached hydrogen (secondary N) is 2. The SMILES string of the molecule is CN=C(NCCc1ccc(OC)c(OC(F)F)c1)NCc1sccc1C.I. The van der Waals surface area contributed by atoms with Crippen molar-refractivity contribution in [2.75, 3.05) is 20.7 Å². The minimum Gasteiger partial charge on any atom is -0.493 e. The smallest absolute Gasteiger partial charge is 0.387 e. The molecule has 0 aliphatic rings. The molecule has 0 aliphatic carbocycles. The summed E-state index contributed by atoms with van der Waals surface area (Å²) in [6.07, 6.45) is 0.627. The molecule has 2 aromatic rings. The summed E-state index contributed by atoms with van der Waals surface area (Å²) >= 11 is 1.70. The Hall–Kier alpha value is -1.62. The predicted octanol–water partition coefficient (Wildman–Crippen LogP) is 4.19. The standard InChI is InChI=1S/C18H23F2N3O2S.HI/c1-12-7-9-26-16(12)11-23-18(21-2)22-8-6-13-4-5-14(24-3)15(10-13)25-17(19)20;/h4-5,7,9-10,17H,6,8,11H2,1-3H3,(H2,21,22,23);1H. The molecular formula is C18H24F2IN3O2S. The molecule has 0 saturated carbocycles. The number of guanidine groups is 1. The van der Waals surface area contributed by atoms with Crippen molar-refractivity contribution in [3.63, 3.8) is 0 Å². The maximum absolute atomic E-state index is 12.5. The summed E-state index contributed by atoms with van der Waals surface area (Å²) in [7, 11) is 3.12. The molecule has 0 bridgehead atoms. The molecule has 1 aromatic heterocycles. The van der Waals surface area contributed by atoms with Crippen LogP contribution in [0.15, 0.2) is 34.6 Å². The number of aliphatic imine (C=N–C) groups is 1. The number of hydrogen-bond acceptors (Lipinski definition) is 4. The Labute approximate surface area is 179 Å². The van der Waals surface area contributed by atoms with Gasteiger partial charge in [0, 0.05) is 18.5 Å². The molecule has 0 amide bonds. The Morgan fingerprint density at radius 1 is 1.22 bits per heavy atom. The van der Waals surface area contributed by atoms with Crippen LogP contribution < -0.4 is 20.1 Å². The predicted molar refractivity (Wildman–Crippen MR) is 116 cm³/mol. The first-order chi connectivity index (χ1) is 12.5. The van der Waals surface area contributed by atoms with Crippen molar-refractivity contribution in [1.82, 2.24) is 10.6 Å². The lowest BCUT2D eigenvalue weighted by atomic mass is 10.1. The Balaban J connectivity index is 0.00000364. The van der Waals surface area contributed by atoms with E-state index in [9.17, 15) is 8.78 Å². The van der Waals surface area contributed by atoms with Crippen LogP contribution in [0.1, 0.15) is 16.0 Å². The quantitative estimate of drug-likeness (QED) is 0.317. The largest absolute Gasteiger partial charge is 0.493 e. The fraction of sp³-hybridized carbons (Fsp3) is 0.389. The highest BCUT2D eigenvalue weighted by Gasteiger charge is 2.11. The van der Waals surface area contributed by atoms with Crippen LogP contribution in [0.25, 0.3) is 0 Å². The van der Waals surface area contributed by atoms with Gasteiger partial charge < -0.3 is 20.1 Å². The molecule has 9 heteroatoms. The fourth-order valence-corrected chi connectivity index (χ4v) is 3.21. The van der Waals surface area contributed by atoms with Gasteiger partial charge >= 0.3 is 6.61 Å². The molecule has 0 atom stereocenters. The zero-order valence-electron chi connectivity index (χ0n) is 15.4. The molecule has 150 valence electrons. The van der Waals surface area contributed by atoms with Crippen molar-refractivity contribution >= 4 is 41.3 Å². The van der Waals surface area contributed by atoms with Gasteiger partial charge in [-0.25, -0.2) is 0 Å². The lowest BCUT2D eigenvalue weighted by Crippen LogP contribution is -2.37. The molecule has 0 fully saturated rings. The summed E-state index contributed by atoms with van der Waals surface area (Å²) < 4.78 is 34.5. The molecule has 27 heavy (non-hydrogen) atoms. The third-order valence-corrected chi connectivity index (χ3v) is 4.78. The molecule has 1 heterocycles. The molecule has 0 saturated heterocycles. The third-order valence-electron chi connectivity index (χ3n) is 3.76. The normalized spacial score (nSPS) is 11.1. The van der Waals surface area contributed by atoms with Crippen LogP contribution >= 0.6 is 35.3 Å². The number of halogens is 3. The van der Waals surface area contributed by atoms with E-state index < -0.39 is 6.61 Å². The van der Waals surface area contributed by atoms with Crippen molar-refractivity contribution in [2.45, 2.75) is 26.5 Å². The summed E-state index contributed by atoms with van der Waals surface area (Å²) in [4.78, 5) is 5.45. The summed E-state index contributed by atoms with van der Waals surface area (Å²) in [5.41, 5.74) is 2.11. The van der Waals surface area contributed by atoms with Crippen molar-refractivity contribution in [2.24, 2.45) is 4.99 Å². The maximum atomic E-state index is 12.5. The van der Waals surface area contributed by atoms with Crippen LogP contribution in [-0.2, 0) is 13.0 Å². The van der Waals surface area contributed by atoms with Crippen LogP contribution in [0.5, 0.6) is 11.5 Å². The molecule has 1 aromatic carbocycles. The molecule has 0 unspecified atom stereocenters. The van der Waals surface area contributed by atoms with Crippen LogP contribution in [0, 0.1) is 6.92 Å². The Kier molecular flexibility index (Phi) is 10.4. The van der Waals surface area contributed by atoms with Gasteiger partial charge in [-0.15, -0.1) is 35.3 Å². The highest BCUT2D eigenvalue weighted by atomic mass is 127. The van der Waals surface area contributed by atoms with Gasteiger partial charge in [0.15, 0.2) is 17.5 Å². The van der Waals surface area contributed by atoms with E-state index in [1.807, 2.05) is 6.07 Å². The number of ether oxygens (including phenoxy) is 2. The Morgan fingerprint density at radius 3 is 2.59 bits per heavy atom. The van der Waals surface area contributed by atoms with Gasteiger partial charge in [-0.2, -0.15) is 8.78 Å². The van der Waals surface area contributed by atoms with E-state index in [4.69, 9.17) is 4.74 Å². The topological polar surface area (TPSA) is 54.9 Å². The van der Waals surface area contributed by atoms with Gasteiger partial charge in [0.25, 0.3) is 0 Å². The highest BCUT2D eigenvalue weighted by molar-refractivity contribution is 14.0. The number of rotatable bonds is 8. The number of hydrogen-bond donors (Lipinski definition) is 2. The number of methoxy groups -OCH3 is 1. The second-order valence-corrected chi connectivity index (χ2v) is 6.49. The van der Waals surface area contributed by atoms with Crippen molar-refractivity contribution in [3.05, 3.63) is 45.6 Å². The van der Waals surface area contributed by atoms with Crippen molar-refractivity contribution in [1.29, 1.82) is 0 Å². The van der Waals surface area contributed by atoms with Gasteiger partial charge in [-0.1, -0.05) is 6.07 Å². The van der Waals surface area contributed by atoms with E-state index in [1.165, 1.54) is 17.6 Å². The zero-order chi connectivity index (χ0) is 18.9. The zero-order valence-corrected chi connectivity index (χ0v) is 18.6. The van der Waals surface area contributed by atoms with Gasteiger partial charge in [-0.05, 0) is 48.1 Å². The third kappa shape index (κ3) is 7.49. The first kappa shape index (κ1) is 23.4. The summed E-state index contributed by atoms with van der Waals surface area (Å²) in [5, 5.41) is 8.53. The number of nitrogens with zero attached hydrogens (tertiary/aromatic N) is 1. The average molecular weight is 511 g/mol. The van der Waals surface area contributed by atoms with E-state index in [1.54, 1.807) is 30.5 Å². The van der Waals surface area contributed by atoms with E-state index in [0.29, 0.717) is 25.5 Å². The lowest BCUT2D eigenvalue weighted by molar-refractivity contribution is -0.0512. The first-order valence-corrected chi connectivity index (χ1v) is 9.00. The number of aryl methyl sites for hydroxylation is 1. The number of benzene rings is 1. The van der Waals surface area contributed by atoms with Crippen LogP contribution in [0.3, 0.4) is 0 Å². The minimum absolute atomic E-state index is 0. The van der Waals surface area contributed by atoms with E-state index in [0.717, 1.165) is 5.56 Å². The van der Waals surface area contributed by atoms with Gasteiger partial charge in [0.05, 0.1) is 13.7 Å². The minimum atomic E-state index is -2.89. The number of thiophene rings is 1. The van der Waals surface area contributed by atoms with Crippen LogP contribution in [0.4, 0.5) is 8.78 Å². The summed E-state index contributed by atoms with van der Waals surface area (Å²) in [5.74, 6) is 1.01. The number of alkyl halides is 2. The molecule has 2 rings (SSSR count). The van der Waals surface area contributed by atoms with E-state index >= 15 is 0 Å². The monoisotopic (exact) mass is 511 g/mol. The first-order valence-electron chi connectivity index (χ1n) is 8.12. The van der Waals surface area contributed by atoms with Crippen molar-refractivity contribution in [3.8, 4) is 11.5 Å². The van der Waals surface area contributed by atoms with Gasteiger partial charge in [0.2, 0.25) is 0 Å². The van der Waals surface area contributed by atoms with Gasteiger partial charge in [-0.3, -0.25) is 4.99 Å². The lowest BCUT2D eigenvalue weighted by Gasteiger charge is -2.13. The second-order valence-electron chi connectivity index (χ2n) is 5.49. The molecule has 0 aliphatic heterocycles. The Bertz CT molecular complexity index is 741. The molecule has 0 spiro atoms. The maximum Gasteiger partial charge on any atom is 0.387 e. The van der Waals surface area contributed by atoms with Crippen molar-refractivity contribution < 1.29 is 18.3 Å².